The van der Waals surface area contributed by atoms with Crippen LogP contribution in [0.25, 0.3) is 0 Å². The maximum Gasteiger partial charge on any atom is 0.425 e. The van der Waals surface area contributed by atoms with Gasteiger partial charge >= 0.3 is 22.4 Å². The minimum Gasteiger partial charge on any atom is -0.445 e. The quantitative estimate of drug-likeness (QED) is 0.617. The summed E-state index contributed by atoms with van der Waals surface area (Å²) in [6, 6.07) is -0.722. The van der Waals surface area contributed by atoms with Crippen molar-refractivity contribution in [2.24, 2.45) is 5.14 Å². The summed E-state index contributed by atoms with van der Waals surface area (Å²) >= 11 is 1.04. The molecule has 1 aliphatic rings. The van der Waals surface area contributed by atoms with Gasteiger partial charge in [0.2, 0.25) is 0 Å². The molecule has 12 heteroatoms. The number of hydrogen-bond donors (Lipinski definition) is 1. The fraction of sp³-hybridized carbons (Fsp3) is 0.688. The van der Waals surface area contributed by atoms with Crippen LogP contribution in [0.2, 0.25) is 0 Å². The van der Waals surface area contributed by atoms with Gasteiger partial charge in [-0.15, -0.1) is 0 Å². The fourth-order valence-corrected chi connectivity index (χ4v) is 4.24. The first kappa shape index (κ1) is 24.2. The number of ether oxygens (including phenoxy) is 2. The summed E-state index contributed by atoms with van der Waals surface area (Å²) in [7, 11) is -4.44. The zero-order chi connectivity index (χ0) is 21.7. The highest BCUT2D eigenvalue weighted by atomic mass is 32.2. The molecular formula is C16H27N3O7S2. The molecule has 0 aromatic heterocycles. The number of nitrogens with two attached hydrogens (primary N) is 1. The van der Waals surface area contributed by atoms with Crippen molar-refractivity contribution in [1.82, 2.24) is 9.21 Å². The Morgan fingerprint density at radius 3 is 2.43 bits per heavy atom. The van der Waals surface area contributed by atoms with Gasteiger partial charge in [-0.3, -0.25) is 4.79 Å². The van der Waals surface area contributed by atoms with Crippen LogP contribution in [0.5, 0.6) is 0 Å². The molecule has 10 nitrogen and oxygen atoms in total. The number of nitrogens with zero attached hydrogens (tertiary/aromatic N) is 2. The Morgan fingerprint density at radius 2 is 1.96 bits per heavy atom. The smallest absolute Gasteiger partial charge is 0.425 e. The third kappa shape index (κ3) is 7.68. The molecule has 1 saturated heterocycles. The molecule has 1 heterocycles. The lowest BCUT2D eigenvalue weighted by atomic mass is 10.2. The molecular weight excluding hydrogens is 410 g/mol. The minimum absolute atomic E-state index is 0.0302. The van der Waals surface area contributed by atoms with Gasteiger partial charge in [-0.1, -0.05) is 24.4 Å². The van der Waals surface area contributed by atoms with Crippen molar-refractivity contribution < 1.29 is 32.3 Å². The van der Waals surface area contributed by atoms with Gasteiger partial charge in [-0.2, -0.15) is 12.7 Å². The van der Waals surface area contributed by atoms with Crippen LogP contribution in [0, 0.1) is 0 Å². The van der Waals surface area contributed by atoms with E-state index in [0.717, 1.165) is 11.8 Å². The molecule has 2 amide bonds. The minimum atomic E-state index is -4.44. The second-order valence-electron chi connectivity index (χ2n) is 7.20. The van der Waals surface area contributed by atoms with Crippen molar-refractivity contribution in [3.8, 4) is 0 Å². The summed E-state index contributed by atoms with van der Waals surface area (Å²) in [5.74, 6) is 0. The van der Waals surface area contributed by atoms with E-state index in [2.05, 4.69) is 6.58 Å². The Labute approximate surface area is 169 Å². The van der Waals surface area contributed by atoms with E-state index in [9.17, 15) is 22.8 Å². The SMILES string of the molecule is C=CCOC(=O)N1C[C@@H](SC(C)=O)C[C@H]1CN(C(=O)OC(C)(C)C)S(N)(=O)=O. The lowest BCUT2D eigenvalue weighted by Crippen LogP contribution is -2.50. The van der Waals surface area contributed by atoms with Crippen LogP contribution in [-0.4, -0.2) is 71.5 Å². The van der Waals surface area contributed by atoms with Crippen LogP contribution >= 0.6 is 11.8 Å². The van der Waals surface area contributed by atoms with Crippen LogP contribution in [0.3, 0.4) is 0 Å². The molecule has 2 N–H and O–H groups in total. The standard InChI is InChI=1S/C16H27N3O7S2/c1-6-7-25-14(21)18-10-13(27-11(2)20)8-12(18)9-19(28(17,23)24)15(22)26-16(3,4)5/h6,12-13H,1,7-10H2,2-5H3,(H2,17,23,24)/t12-,13-/m0/s1. The van der Waals surface area contributed by atoms with Crippen LogP contribution in [-0.2, 0) is 24.5 Å². The molecule has 1 aliphatic heterocycles. The average molecular weight is 438 g/mol. The molecule has 1 fully saturated rings. The van der Waals surface area contributed by atoms with Crippen molar-refractivity contribution in [2.45, 2.75) is 51.0 Å². The average Bonchev–Trinajstić information content (AvgIpc) is 2.89. The maximum absolute atomic E-state index is 12.3. The molecule has 0 unspecified atom stereocenters. The first-order valence-electron chi connectivity index (χ1n) is 8.49. The van der Waals surface area contributed by atoms with E-state index in [1.165, 1.54) is 17.9 Å². The van der Waals surface area contributed by atoms with Gasteiger partial charge in [-0.25, -0.2) is 14.7 Å². The molecule has 160 valence electrons. The third-order valence-corrected chi connectivity index (χ3v) is 5.47. The zero-order valence-corrected chi connectivity index (χ0v) is 18.0. The zero-order valence-electron chi connectivity index (χ0n) is 16.4. The van der Waals surface area contributed by atoms with Crippen molar-refractivity contribution in [2.75, 3.05) is 19.7 Å². The third-order valence-electron chi connectivity index (χ3n) is 3.55. The Balaban J connectivity index is 3.06. The van der Waals surface area contributed by atoms with Gasteiger partial charge < -0.3 is 14.4 Å². The van der Waals surface area contributed by atoms with E-state index in [4.69, 9.17) is 14.6 Å². The Kier molecular flexibility index (Phi) is 8.32. The molecule has 0 saturated carbocycles. The van der Waals surface area contributed by atoms with E-state index in [0.29, 0.717) is 4.31 Å². The molecule has 0 aliphatic carbocycles. The van der Waals surface area contributed by atoms with Crippen molar-refractivity contribution in [3.63, 3.8) is 0 Å². The number of carbonyl (C=O) groups excluding carboxylic acids is 3. The maximum atomic E-state index is 12.3. The molecule has 0 spiro atoms. The summed E-state index contributed by atoms with van der Waals surface area (Å²) in [5.41, 5.74) is -0.939. The molecule has 0 radical (unpaired) electrons. The van der Waals surface area contributed by atoms with Crippen molar-refractivity contribution >= 4 is 39.3 Å². The fourth-order valence-electron chi connectivity index (χ4n) is 2.59. The summed E-state index contributed by atoms with van der Waals surface area (Å²) in [6.45, 7) is 9.33. The molecule has 0 aromatic carbocycles. The van der Waals surface area contributed by atoms with Gasteiger partial charge in [-0.05, 0) is 27.2 Å². The molecule has 1 rings (SSSR count). The number of hydrogen-bond acceptors (Lipinski definition) is 8. The van der Waals surface area contributed by atoms with E-state index < -0.39 is 40.6 Å². The highest BCUT2D eigenvalue weighted by Gasteiger charge is 2.41. The predicted molar refractivity (Wildman–Crippen MR) is 105 cm³/mol. The molecule has 0 aromatic rings. The van der Waals surface area contributed by atoms with Gasteiger partial charge in [0.25, 0.3) is 0 Å². The number of rotatable bonds is 6. The van der Waals surface area contributed by atoms with Crippen molar-refractivity contribution in [1.29, 1.82) is 0 Å². The summed E-state index contributed by atoms with van der Waals surface area (Å²) in [5, 5.41) is 4.78. The largest absolute Gasteiger partial charge is 0.445 e. The normalized spacial score (nSPS) is 19.8. The Bertz CT molecular complexity index is 718. The van der Waals surface area contributed by atoms with E-state index in [-0.39, 0.29) is 29.9 Å². The van der Waals surface area contributed by atoms with Gasteiger partial charge in [0.05, 0.1) is 12.6 Å². The number of thioether (sulfide) groups is 1. The predicted octanol–water partition coefficient (Wildman–Crippen LogP) is 1.47. The Morgan fingerprint density at radius 1 is 1.36 bits per heavy atom. The second kappa shape index (κ2) is 9.61. The monoisotopic (exact) mass is 437 g/mol. The first-order valence-corrected chi connectivity index (χ1v) is 10.9. The second-order valence-corrected chi connectivity index (χ2v) is 10.1. The summed E-state index contributed by atoms with van der Waals surface area (Å²) in [4.78, 5) is 37.4. The first-order chi connectivity index (χ1) is 12.7. The lowest BCUT2D eigenvalue weighted by molar-refractivity contribution is -0.109. The van der Waals surface area contributed by atoms with E-state index >= 15 is 0 Å². The molecule has 0 bridgehead atoms. The van der Waals surface area contributed by atoms with Crippen LogP contribution in [0.4, 0.5) is 9.59 Å². The van der Waals surface area contributed by atoms with E-state index in [1.807, 2.05) is 0 Å². The molecule has 2 atom stereocenters. The number of carbonyl (C=O) groups is 3. The summed E-state index contributed by atoms with van der Waals surface area (Å²) in [6.07, 6.45) is -0.170. The topological polar surface area (TPSA) is 136 Å². The highest BCUT2D eigenvalue weighted by Crippen LogP contribution is 2.30. The number of amides is 2. The summed E-state index contributed by atoms with van der Waals surface area (Å²) < 4.78 is 34.4. The van der Waals surface area contributed by atoms with Gasteiger partial charge in [0.15, 0.2) is 5.12 Å². The van der Waals surface area contributed by atoms with Gasteiger partial charge in [0.1, 0.15) is 12.2 Å². The van der Waals surface area contributed by atoms with Crippen LogP contribution in [0.1, 0.15) is 34.1 Å². The lowest BCUT2D eigenvalue weighted by Gasteiger charge is -2.30. The number of likely N-dealkylation sites (tertiary alicyclic amines) is 1. The van der Waals surface area contributed by atoms with Crippen LogP contribution in [0.15, 0.2) is 12.7 Å². The van der Waals surface area contributed by atoms with Crippen molar-refractivity contribution in [3.05, 3.63) is 12.7 Å². The Hall–Kier alpha value is -1.79. The molecule has 28 heavy (non-hydrogen) atoms. The van der Waals surface area contributed by atoms with Crippen LogP contribution < -0.4 is 5.14 Å². The highest BCUT2D eigenvalue weighted by molar-refractivity contribution is 8.14. The van der Waals surface area contributed by atoms with Gasteiger partial charge in [0, 0.05) is 18.7 Å². The van der Waals surface area contributed by atoms with E-state index in [1.54, 1.807) is 20.8 Å².